The molecule has 1 atom stereocenters. The minimum Gasteiger partial charge on any atom is -0.463 e. The minimum absolute atomic E-state index is 0.0203. The number of aliphatic hydroxyl groups is 1. The van der Waals surface area contributed by atoms with Gasteiger partial charge in [-0.05, 0) is 12.5 Å². The largest absolute Gasteiger partial charge is 0.463 e. The van der Waals surface area contributed by atoms with Crippen molar-refractivity contribution >= 4 is 5.97 Å². The van der Waals surface area contributed by atoms with Crippen LogP contribution in [0.2, 0.25) is 0 Å². The maximum atomic E-state index is 11.6. The van der Waals surface area contributed by atoms with Crippen LogP contribution in [-0.4, -0.2) is 47.1 Å². The van der Waals surface area contributed by atoms with Crippen LogP contribution >= 0.6 is 0 Å². The summed E-state index contributed by atoms with van der Waals surface area (Å²) >= 11 is 0. The molecule has 0 spiro atoms. The van der Waals surface area contributed by atoms with Gasteiger partial charge in [0.15, 0.2) is 0 Å². The highest BCUT2D eigenvalue weighted by molar-refractivity contribution is 5.82. The molecule has 1 heterocycles. The van der Waals surface area contributed by atoms with Gasteiger partial charge in [-0.1, -0.05) is 0 Å². The first-order chi connectivity index (χ1) is 10.0. The molecule has 1 rings (SSSR count). The summed E-state index contributed by atoms with van der Waals surface area (Å²) in [6.07, 6.45) is 1.71. The Bertz CT molecular complexity index is 612. The molecule has 1 aromatic rings. The SMILES string of the molecule is CCOC(=O)/C=C(\Cn1ccc(=O)[nH]c1=O)[C@@H](CO)OC. The number of H-pyrrole nitrogens is 1. The number of nitrogens with zero attached hydrogens (tertiary/aromatic N) is 1. The number of esters is 1. The van der Waals surface area contributed by atoms with Crippen molar-refractivity contribution in [2.24, 2.45) is 0 Å². The number of hydrogen-bond acceptors (Lipinski definition) is 6. The molecule has 0 unspecified atom stereocenters. The summed E-state index contributed by atoms with van der Waals surface area (Å²) in [6.45, 7) is 1.49. The predicted octanol–water partition coefficient (Wildman–Crippen LogP) is -0.967. The van der Waals surface area contributed by atoms with Crippen molar-refractivity contribution in [3.8, 4) is 0 Å². The van der Waals surface area contributed by atoms with Crippen molar-refractivity contribution < 1.29 is 19.4 Å². The third-order valence-corrected chi connectivity index (χ3v) is 2.70. The molecule has 2 N–H and O–H groups in total. The summed E-state index contributed by atoms with van der Waals surface area (Å²) < 4.78 is 11.1. The van der Waals surface area contributed by atoms with E-state index in [1.54, 1.807) is 6.92 Å². The normalized spacial score (nSPS) is 13.0. The van der Waals surface area contributed by atoms with E-state index in [1.807, 2.05) is 0 Å². The molecular formula is C13H18N2O6. The fourth-order valence-corrected chi connectivity index (χ4v) is 1.68. The Balaban J connectivity index is 3.09. The number of ether oxygens (including phenoxy) is 2. The van der Waals surface area contributed by atoms with Crippen LogP contribution < -0.4 is 11.2 Å². The summed E-state index contributed by atoms with van der Waals surface area (Å²) in [5.74, 6) is -0.597. The van der Waals surface area contributed by atoms with Gasteiger partial charge in [-0.2, -0.15) is 0 Å². The fraction of sp³-hybridized carbons (Fsp3) is 0.462. The number of carbonyl (C=O) groups is 1. The monoisotopic (exact) mass is 298 g/mol. The highest BCUT2D eigenvalue weighted by atomic mass is 16.5. The Labute approximate surface area is 120 Å². The molecular weight excluding hydrogens is 280 g/mol. The summed E-state index contributed by atoms with van der Waals surface area (Å²) in [6, 6.07) is 1.18. The van der Waals surface area contributed by atoms with Gasteiger partial charge in [-0.25, -0.2) is 9.59 Å². The standard InChI is InChI=1S/C13H18N2O6/c1-3-21-12(18)6-9(10(8-16)20-2)7-15-5-4-11(17)14-13(15)19/h4-6,10,16H,3,7-8H2,1-2H3,(H,14,17,19)/b9-6+/t10-/m1/s1. The lowest BCUT2D eigenvalue weighted by Gasteiger charge is -2.17. The first kappa shape index (κ1) is 16.9. The molecule has 0 aromatic carbocycles. The number of rotatable bonds is 7. The van der Waals surface area contributed by atoms with Gasteiger partial charge in [0.05, 0.1) is 19.8 Å². The van der Waals surface area contributed by atoms with Crippen molar-refractivity contribution in [2.45, 2.75) is 19.6 Å². The lowest BCUT2D eigenvalue weighted by molar-refractivity contribution is -0.137. The first-order valence-electron chi connectivity index (χ1n) is 6.32. The number of aliphatic hydroxyl groups excluding tert-OH is 1. The van der Waals surface area contributed by atoms with Gasteiger partial charge in [0.25, 0.3) is 5.56 Å². The molecule has 1 aromatic heterocycles. The van der Waals surface area contributed by atoms with E-state index in [0.717, 1.165) is 0 Å². The van der Waals surface area contributed by atoms with Crippen molar-refractivity contribution in [3.05, 3.63) is 44.8 Å². The number of nitrogens with one attached hydrogen (secondary N) is 1. The molecule has 0 radical (unpaired) electrons. The van der Waals surface area contributed by atoms with Gasteiger partial charge in [0, 0.05) is 25.4 Å². The molecule has 0 bridgehead atoms. The van der Waals surface area contributed by atoms with E-state index >= 15 is 0 Å². The van der Waals surface area contributed by atoms with E-state index in [-0.39, 0.29) is 19.8 Å². The molecule has 0 aliphatic carbocycles. The Morgan fingerprint density at radius 2 is 2.24 bits per heavy atom. The van der Waals surface area contributed by atoms with Gasteiger partial charge in [-0.3, -0.25) is 14.3 Å². The third-order valence-electron chi connectivity index (χ3n) is 2.70. The quantitative estimate of drug-likeness (QED) is 0.495. The van der Waals surface area contributed by atoms with Crippen LogP contribution in [-0.2, 0) is 20.8 Å². The highest BCUT2D eigenvalue weighted by Crippen LogP contribution is 2.08. The second kappa shape index (κ2) is 8.18. The molecule has 0 saturated heterocycles. The zero-order chi connectivity index (χ0) is 15.8. The lowest BCUT2D eigenvalue weighted by atomic mass is 10.1. The van der Waals surface area contributed by atoms with Crippen LogP contribution in [0.1, 0.15) is 6.92 Å². The Hall–Kier alpha value is -2.19. The third kappa shape index (κ3) is 5.01. The van der Waals surface area contributed by atoms with Gasteiger partial charge in [0.2, 0.25) is 0 Å². The Morgan fingerprint density at radius 3 is 2.76 bits per heavy atom. The van der Waals surface area contributed by atoms with Crippen LogP contribution in [0.3, 0.4) is 0 Å². The van der Waals surface area contributed by atoms with Gasteiger partial charge >= 0.3 is 11.7 Å². The average molecular weight is 298 g/mol. The number of hydrogen-bond donors (Lipinski definition) is 2. The Morgan fingerprint density at radius 1 is 1.52 bits per heavy atom. The molecule has 0 aliphatic heterocycles. The average Bonchev–Trinajstić information content (AvgIpc) is 2.43. The van der Waals surface area contributed by atoms with Crippen LogP contribution in [0.4, 0.5) is 0 Å². The fourth-order valence-electron chi connectivity index (χ4n) is 1.68. The highest BCUT2D eigenvalue weighted by Gasteiger charge is 2.16. The Kier molecular flexibility index (Phi) is 6.57. The van der Waals surface area contributed by atoms with E-state index < -0.39 is 23.3 Å². The molecule has 21 heavy (non-hydrogen) atoms. The number of methoxy groups -OCH3 is 1. The molecule has 0 amide bonds. The van der Waals surface area contributed by atoms with Crippen molar-refractivity contribution in [3.63, 3.8) is 0 Å². The summed E-state index contributed by atoms with van der Waals surface area (Å²) in [7, 11) is 1.37. The minimum atomic E-state index is -0.756. The second-order valence-corrected chi connectivity index (χ2v) is 4.12. The summed E-state index contributed by atoms with van der Waals surface area (Å²) in [5, 5.41) is 9.27. The van der Waals surface area contributed by atoms with Gasteiger partial charge in [-0.15, -0.1) is 0 Å². The second-order valence-electron chi connectivity index (χ2n) is 4.12. The van der Waals surface area contributed by atoms with E-state index in [2.05, 4.69) is 4.98 Å². The van der Waals surface area contributed by atoms with Crippen molar-refractivity contribution in [1.29, 1.82) is 0 Å². The lowest BCUT2D eigenvalue weighted by Crippen LogP contribution is -2.32. The first-order valence-corrected chi connectivity index (χ1v) is 6.32. The smallest absolute Gasteiger partial charge is 0.330 e. The van der Waals surface area contributed by atoms with E-state index in [0.29, 0.717) is 5.57 Å². The van der Waals surface area contributed by atoms with Crippen molar-refractivity contribution in [2.75, 3.05) is 20.3 Å². The maximum absolute atomic E-state index is 11.6. The van der Waals surface area contributed by atoms with Crippen LogP contribution in [0, 0.1) is 0 Å². The molecule has 0 saturated carbocycles. The number of aromatic nitrogens is 2. The van der Waals surface area contributed by atoms with Gasteiger partial charge < -0.3 is 14.6 Å². The zero-order valence-electron chi connectivity index (χ0n) is 11.9. The van der Waals surface area contributed by atoms with Crippen LogP contribution in [0.15, 0.2) is 33.5 Å². The van der Waals surface area contributed by atoms with Crippen LogP contribution in [0.25, 0.3) is 0 Å². The predicted molar refractivity (Wildman–Crippen MR) is 73.9 cm³/mol. The molecule has 0 fully saturated rings. The molecule has 8 heteroatoms. The molecule has 116 valence electrons. The molecule has 8 nitrogen and oxygen atoms in total. The van der Waals surface area contributed by atoms with Crippen LogP contribution in [0.5, 0.6) is 0 Å². The summed E-state index contributed by atoms with van der Waals surface area (Å²) in [5.41, 5.74) is -0.782. The van der Waals surface area contributed by atoms with Gasteiger partial charge in [0.1, 0.15) is 6.10 Å². The topological polar surface area (TPSA) is 111 Å². The van der Waals surface area contributed by atoms with E-state index in [4.69, 9.17) is 9.47 Å². The summed E-state index contributed by atoms with van der Waals surface area (Å²) in [4.78, 5) is 36.3. The van der Waals surface area contributed by atoms with E-state index in [1.165, 1.54) is 30.0 Å². The zero-order valence-corrected chi connectivity index (χ0v) is 11.9. The molecule has 0 aliphatic rings. The maximum Gasteiger partial charge on any atom is 0.330 e. The number of carbonyl (C=O) groups excluding carboxylic acids is 1. The number of aromatic amines is 1. The van der Waals surface area contributed by atoms with Crippen molar-refractivity contribution in [1.82, 2.24) is 9.55 Å². The van der Waals surface area contributed by atoms with E-state index in [9.17, 15) is 19.5 Å².